The lowest BCUT2D eigenvalue weighted by molar-refractivity contribution is -0.802. The molecule has 1 saturated heterocycles. The van der Waals surface area contributed by atoms with Gasteiger partial charge in [-0.3, -0.25) is 14.9 Å². The molecule has 0 amide bonds. The summed E-state index contributed by atoms with van der Waals surface area (Å²) in [4.78, 5) is 24.7. The average molecular weight is 359 g/mol. The molecule has 1 N–H and O–H groups in total. The second-order valence-corrected chi connectivity index (χ2v) is 6.77. The van der Waals surface area contributed by atoms with Crippen LogP contribution in [0, 0.1) is 10.1 Å². The number of non-ortho nitro benzene ring substituents is 1. The van der Waals surface area contributed by atoms with E-state index in [1.54, 1.807) is 12.1 Å². The molecule has 1 aliphatic heterocycles. The van der Waals surface area contributed by atoms with Crippen molar-refractivity contribution in [2.75, 3.05) is 0 Å². The van der Waals surface area contributed by atoms with Crippen LogP contribution in [0.3, 0.4) is 0 Å². The third kappa shape index (κ3) is 3.50. The second-order valence-electron chi connectivity index (χ2n) is 6.77. The highest BCUT2D eigenvalue weighted by Gasteiger charge is 2.59. The minimum absolute atomic E-state index is 0.0127. The van der Waals surface area contributed by atoms with Crippen molar-refractivity contribution in [3.05, 3.63) is 112 Å². The molecule has 1 heterocycles. The number of ketones is 1. The summed E-state index contributed by atoms with van der Waals surface area (Å²) in [6, 6.07) is 25.8. The van der Waals surface area contributed by atoms with Crippen LogP contribution in [0.25, 0.3) is 0 Å². The molecule has 5 nitrogen and oxygen atoms in total. The number of hydrogen-bond donors (Lipinski definition) is 1. The number of carbonyl (C=O) groups is 1. The molecule has 3 aromatic rings. The Hall–Kier alpha value is -3.31. The average Bonchev–Trinajstić information content (AvgIpc) is 3.42. The minimum atomic E-state index is -0.405. The van der Waals surface area contributed by atoms with E-state index in [4.69, 9.17) is 0 Å². The van der Waals surface area contributed by atoms with Gasteiger partial charge in [-0.05, 0) is 12.1 Å². The Kier molecular flexibility index (Phi) is 4.52. The first kappa shape index (κ1) is 17.1. The van der Waals surface area contributed by atoms with Gasteiger partial charge >= 0.3 is 0 Å². The van der Waals surface area contributed by atoms with E-state index in [1.165, 1.54) is 22.6 Å². The molecule has 1 aliphatic rings. The molecule has 4 rings (SSSR count). The third-order valence-electron chi connectivity index (χ3n) is 5.08. The van der Waals surface area contributed by atoms with Crippen molar-refractivity contribution in [3.8, 4) is 0 Å². The van der Waals surface area contributed by atoms with E-state index in [1.807, 2.05) is 48.5 Å². The fourth-order valence-corrected chi connectivity index (χ4v) is 3.68. The number of nitro groups is 1. The van der Waals surface area contributed by atoms with Crippen LogP contribution in [-0.4, -0.2) is 16.7 Å². The first-order valence-corrected chi connectivity index (χ1v) is 8.88. The molecule has 0 saturated carbocycles. The van der Waals surface area contributed by atoms with Gasteiger partial charge in [0.1, 0.15) is 6.54 Å². The fourth-order valence-electron chi connectivity index (χ4n) is 3.68. The normalized spacial score (nSPS) is 20.8. The zero-order valence-corrected chi connectivity index (χ0v) is 14.6. The number of nitro benzene ring substituents is 1. The number of nitrogens with one attached hydrogen (secondary N) is 1. The van der Waals surface area contributed by atoms with Crippen LogP contribution >= 0.6 is 0 Å². The van der Waals surface area contributed by atoms with Crippen LogP contribution in [0.2, 0.25) is 0 Å². The maximum Gasteiger partial charge on any atom is 0.269 e. The quantitative estimate of drug-likeness (QED) is 0.318. The van der Waals surface area contributed by atoms with E-state index in [-0.39, 0.29) is 23.6 Å². The van der Waals surface area contributed by atoms with Crippen molar-refractivity contribution in [3.63, 3.8) is 0 Å². The highest BCUT2D eigenvalue weighted by atomic mass is 16.6. The van der Waals surface area contributed by atoms with Crippen LogP contribution in [-0.2, 0) is 6.54 Å². The molecular formula is C22H19N2O3+. The number of nitrogens with zero attached hydrogens (tertiary/aromatic N) is 1. The molecule has 0 bridgehead atoms. The lowest BCUT2D eigenvalue weighted by atomic mass is 10.0. The molecule has 3 aromatic carbocycles. The highest BCUT2D eigenvalue weighted by Crippen LogP contribution is 2.28. The van der Waals surface area contributed by atoms with Gasteiger partial charge in [-0.2, -0.15) is 0 Å². The summed E-state index contributed by atoms with van der Waals surface area (Å²) in [7, 11) is 0. The van der Waals surface area contributed by atoms with E-state index >= 15 is 0 Å². The van der Waals surface area contributed by atoms with Crippen LogP contribution in [0.1, 0.15) is 27.5 Å². The Morgan fingerprint density at radius 3 is 2.07 bits per heavy atom. The van der Waals surface area contributed by atoms with E-state index in [0.717, 1.165) is 12.1 Å². The zero-order valence-electron chi connectivity index (χ0n) is 14.6. The van der Waals surface area contributed by atoms with Gasteiger partial charge in [0.15, 0.2) is 6.04 Å². The molecular weight excluding hydrogens is 340 g/mol. The summed E-state index contributed by atoms with van der Waals surface area (Å²) in [5, 5.41) is 10.9. The van der Waals surface area contributed by atoms with Gasteiger partial charge < -0.3 is 4.90 Å². The van der Waals surface area contributed by atoms with Gasteiger partial charge in [0.25, 0.3) is 5.69 Å². The van der Waals surface area contributed by atoms with E-state index in [9.17, 15) is 14.9 Å². The van der Waals surface area contributed by atoms with Crippen molar-refractivity contribution >= 4 is 11.5 Å². The Labute approximate surface area is 157 Å². The monoisotopic (exact) mass is 359 g/mol. The zero-order chi connectivity index (χ0) is 18.8. The first-order valence-electron chi connectivity index (χ1n) is 8.88. The third-order valence-corrected chi connectivity index (χ3v) is 5.08. The molecule has 27 heavy (non-hydrogen) atoms. The second kappa shape index (κ2) is 7.13. The Morgan fingerprint density at radius 1 is 0.889 bits per heavy atom. The smallest absolute Gasteiger partial charge is 0.269 e. The molecule has 0 radical (unpaired) electrons. The summed E-state index contributed by atoms with van der Waals surface area (Å²) < 4.78 is 0. The van der Waals surface area contributed by atoms with Gasteiger partial charge in [-0.1, -0.05) is 60.7 Å². The predicted molar refractivity (Wildman–Crippen MR) is 102 cm³/mol. The molecule has 0 aromatic heterocycles. The SMILES string of the molecule is O=C(c1ccccc1)[C@@H]1[C@@H](c2ccc([N+](=O)[O-])cc2)[NH+]1Cc1ccccc1. The number of benzene rings is 3. The van der Waals surface area contributed by atoms with Gasteiger partial charge in [-0.15, -0.1) is 0 Å². The van der Waals surface area contributed by atoms with Crippen molar-refractivity contribution in [2.45, 2.75) is 18.6 Å². The summed E-state index contributed by atoms with van der Waals surface area (Å²) in [6.07, 6.45) is 0. The number of hydrogen-bond acceptors (Lipinski definition) is 3. The lowest BCUT2D eigenvalue weighted by Gasteiger charge is -2.02. The number of rotatable bonds is 6. The molecule has 0 spiro atoms. The van der Waals surface area contributed by atoms with Crippen LogP contribution < -0.4 is 4.90 Å². The Balaban J connectivity index is 1.62. The summed E-state index contributed by atoms with van der Waals surface area (Å²) in [5.41, 5.74) is 2.90. The summed E-state index contributed by atoms with van der Waals surface area (Å²) in [6.45, 7) is 0.742. The topological polar surface area (TPSA) is 64.6 Å². The lowest BCUT2D eigenvalue weighted by Crippen LogP contribution is -2.93. The molecule has 134 valence electrons. The number of carbonyl (C=O) groups excluding carboxylic acids is 1. The summed E-state index contributed by atoms with van der Waals surface area (Å²) >= 11 is 0. The van der Waals surface area contributed by atoms with Gasteiger partial charge in [0, 0.05) is 28.8 Å². The Bertz CT molecular complexity index is 956. The Morgan fingerprint density at radius 2 is 1.48 bits per heavy atom. The van der Waals surface area contributed by atoms with Crippen LogP contribution in [0.4, 0.5) is 5.69 Å². The van der Waals surface area contributed by atoms with E-state index in [2.05, 4.69) is 12.1 Å². The fraction of sp³-hybridized carbons (Fsp3) is 0.136. The van der Waals surface area contributed by atoms with Crippen LogP contribution in [0.5, 0.6) is 0 Å². The van der Waals surface area contributed by atoms with Crippen molar-refractivity contribution in [2.24, 2.45) is 0 Å². The van der Waals surface area contributed by atoms with Gasteiger partial charge in [0.2, 0.25) is 11.8 Å². The summed E-state index contributed by atoms with van der Waals surface area (Å²) in [5.74, 6) is 0.116. The largest absolute Gasteiger partial charge is 0.305 e. The number of quaternary nitrogens is 1. The molecule has 3 atom stereocenters. The predicted octanol–water partition coefficient (Wildman–Crippen LogP) is 2.99. The number of Topliss-reactive ketones (excluding diaryl/α,β-unsaturated/α-hetero) is 1. The van der Waals surface area contributed by atoms with Crippen molar-refractivity contribution in [1.29, 1.82) is 0 Å². The maximum atomic E-state index is 13.0. The molecule has 5 heteroatoms. The van der Waals surface area contributed by atoms with Gasteiger partial charge in [0.05, 0.1) is 4.92 Å². The minimum Gasteiger partial charge on any atom is -0.305 e. The van der Waals surface area contributed by atoms with Crippen molar-refractivity contribution in [1.82, 2.24) is 0 Å². The van der Waals surface area contributed by atoms with E-state index in [0.29, 0.717) is 5.56 Å². The molecule has 1 unspecified atom stereocenters. The van der Waals surface area contributed by atoms with Crippen LogP contribution in [0.15, 0.2) is 84.9 Å². The maximum absolute atomic E-state index is 13.0. The first-order chi connectivity index (χ1) is 13.1. The van der Waals surface area contributed by atoms with Crippen molar-refractivity contribution < 1.29 is 14.6 Å². The molecule has 1 fully saturated rings. The molecule has 0 aliphatic carbocycles. The standard InChI is InChI=1S/C22H18N2O3/c25-22(18-9-5-2-6-10-18)21-20(17-11-13-19(14-12-17)24(26)27)23(21)15-16-7-3-1-4-8-16/h1-14,20-21H,15H2/p+1/t20-,21+,23?/m1/s1. The van der Waals surface area contributed by atoms with E-state index < -0.39 is 4.92 Å². The highest BCUT2D eigenvalue weighted by molar-refractivity contribution is 6.00. The van der Waals surface area contributed by atoms with Gasteiger partial charge in [-0.25, -0.2) is 0 Å².